The second kappa shape index (κ2) is 4.35. The molecule has 1 heteroatoms. The van der Waals surface area contributed by atoms with Crippen LogP contribution in [0.2, 0.25) is 0 Å². The average Bonchev–Trinajstić information content (AvgIpc) is 2.74. The number of aliphatic hydroxyl groups excluding tert-OH is 1. The van der Waals surface area contributed by atoms with Crippen LogP contribution in [0.5, 0.6) is 0 Å². The summed E-state index contributed by atoms with van der Waals surface area (Å²) in [5.41, 5.74) is 2.54. The summed E-state index contributed by atoms with van der Waals surface area (Å²) >= 11 is 0. The lowest BCUT2D eigenvalue weighted by atomic mass is 9.48. The lowest BCUT2D eigenvalue weighted by molar-refractivity contribution is -0.0661. The van der Waals surface area contributed by atoms with Crippen LogP contribution in [0.3, 0.4) is 0 Å². The Morgan fingerprint density at radius 1 is 1.05 bits per heavy atom. The maximum absolute atomic E-state index is 10.5. The molecule has 3 saturated carbocycles. The van der Waals surface area contributed by atoms with Gasteiger partial charge in [0.25, 0.3) is 0 Å². The van der Waals surface area contributed by atoms with Crippen LogP contribution in [0.4, 0.5) is 0 Å². The summed E-state index contributed by atoms with van der Waals surface area (Å²) in [5.74, 6) is 2.55. The minimum absolute atomic E-state index is 0.0296. The standard InChI is InChI=1S/C19H30O/c1-18-11-4-3-5-13(18)6-7-14-15-8-9-17(20)19(15,2)12-10-16(14)18/h6,14-17,20H,3-5,7-12H2,1-2H3/t14-,15-,16-,17?,18-,19-/m0/s1. The SMILES string of the molecule is C[C@]12CCCCC1=CC[C@@H]1[C@@H]2CC[C@]2(C)C(O)CC[C@@H]12. The highest BCUT2D eigenvalue weighted by atomic mass is 16.3. The molecule has 0 heterocycles. The molecular weight excluding hydrogens is 244 g/mol. The normalized spacial score (nSPS) is 54.6. The van der Waals surface area contributed by atoms with E-state index in [2.05, 4.69) is 19.9 Å². The molecule has 0 spiro atoms. The molecule has 1 unspecified atom stereocenters. The molecule has 112 valence electrons. The van der Waals surface area contributed by atoms with Crippen LogP contribution < -0.4 is 0 Å². The van der Waals surface area contributed by atoms with Crippen LogP contribution in [0.1, 0.15) is 71.6 Å². The molecule has 4 rings (SSSR count). The van der Waals surface area contributed by atoms with Gasteiger partial charge in [0, 0.05) is 0 Å². The van der Waals surface area contributed by atoms with E-state index in [0.717, 1.165) is 24.2 Å². The van der Waals surface area contributed by atoms with Crippen molar-refractivity contribution in [2.24, 2.45) is 28.6 Å². The van der Waals surface area contributed by atoms with Crippen molar-refractivity contribution in [3.8, 4) is 0 Å². The fourth-order valence-corrected chi connectivity index (χ4v) is 6.67. The Bertz CT molecular complexity index is 439. The Hall–Kier alpha value is -0.300. The van der Waals surface area contributed by atoms with Crippen LogP contribution in [-0.2, 0) is 0 Å². The molecule has 1 nitrogen and oxygen atoms in total. The molecule has 0 aromatic carbocycles. The molecule has 6 atom stereocenters. The number of hydrogen-bond donors (Lipinski definition) is 1. The Labute approximate surface area is 123 Å². The van der Waals surface area contributed by atoms with Gasteiger partial charge in [0.2, 0.25) is 0 Å². The lowest BCUT2D eigenvalue weighted by Gasteiger charge is -2.57. The maximum Gasteiger partial charge on any atom is 0.0596 e. The highest BCUT2D eigenvalue weighted by Crippen LogP contribution is 2.64. The second-order valence-corrected chi connectivity index (χ2v) is 8.60. The zero-order valence-electron chi connectivity index (χ0n) is 13.2. The van der Waals surface area contributed by atoms with E-state index < -0.39 is 0 Å². The van der Waals surface area contributed by atoms with Gasteiger partial charge in [-0.25, -0.2) is 0 Å². The molecule has 0 amide bonds. The van der Waals surface area contributed by atoms with Gasteiger partial charge in [-0.2, -0.15) is 0 Å². The van der Waals surface area contributed by atoms with Crippen LogP contribution >= 0.6 is 0 Å². The summed E-state index contributed by atoms with van der Waals surface area (Å²) in [7, 11) is 0. The van der Waals surface area contributed by atoms with Gasteiger partial charge >= 0.3 is 0 Å². The molecule has 0 aromatic rings. The second-order valence-electron chi connectivity index (χ2n) is 8.60. The van der Waals surface area contributed by atoms with E-state index in [9.17, 15) is 5.11 Å². The maximum atomic E-state index is 10.5. The van der Waals surface area contributed by atoms with Crippen LogP contribution in [0.25, 0.3) is 0 Å². The fourth-order valence-electron chi connectivity index (χ4n) is 6.67. The fraction of sp³-hybridized carbons (Fsp3) is 0.895. The molecular formula is C19H30O. The monoisotopic (exact) mass is 274 g/mol. The average molecular weight is 274 g/mol. The third-order valence-electron chi connectivity index (χ3n) is 7.97. The van der Waals surface area contributed by atoms with Gasteiger partial charge in [-0.1, -0.05) is 31.9 Å². The number of aliphatic hydroxyl groups is 1. The van der Waals surface area contributed by atoms with E-state index in [1.54, 1.807) is 5.57 Å². The van der Waals surface area contributed by atoms with Gasteiger partial charge in [0.15, 0.2) is 0 Å². The van der Waals surface area contributed by atoms with Crippen molar-refractivity contribution < 1.29 is 5.11 Å². The first-order valence-corrected chi connectivity index (χ1v) is 8.93. The highest BCUT2D eigenvalue weighted by Gasteiger charge is 2.57. The number of allylic oxidation sites excluding steroid dienone is 2. The number of rotatable bonds is 0. The smallest absolute Gasteiger partial charge is 0.0596 e. The first-order valence-electron chi connectivity index (χ1n) is 8.93. The summed E-state index contributed by atoms with van der Waals surface area (Å²) in [4.78, 5) is 0. The molecule has 0 radical (unpaired) electrons. The summed E-state index contributed by atoms with van der Waals surface area (Å²) in [5, 5.41) is 10.5. The molecule has 0 bridgehead atoms. The summed E-state index contributed by atoms with van der Waals surface area (Å²) < 4.78 is 0. The quantitative estimate of drug-likeness (QED) is 0.635. The van der Waals surface area contributed by atoms with Gasteiger partial charge < -0.3 is 5.11 Å². The molecule has 3 fully saturated rings. The van der Waals surface area contributed by atoms with E-state index >= 15 is 0 Å². The third kappa shape index (κ3) is 1.59. The van der Waals surface area contributed by atoms with E-state index in [0.29, 0.717) is 5.41 Å². The highest BCUT2D eigenvalue weighted by molar-refractivity contribution is 5.24. The third-order valence-corrected chi connectivity index (χ3v) is 7.97. The molecule has 20 heavy (non-hydrogen) atoms. The Balaban J connectivity index is 1.69. The predicted octanol–water partition coefficient (Wildman–Crippen LogP) is 4.70. The first-order chi connectivity index (χ1) is 9.56. The van der Waals surface area contributed by atoms with Gasteiger partial charge in [0.05, 0.1) is 6.10 Å². The van der Waals surface area contributed by atoms with Crippen LogP contribution in [0.15, 0.2) is 11.6 Å². The van der Waals surface area contributed by atoms with Gasteiger partial charge in [-0.15, -0.1) is 0 Å². The lowest BCUT2D eigenvalue weighted by Crippen LogP contribution is -2.50. The minimum atomic E-state index is -0.0296. The number of hydrogen-bond acceptors (Lipinski definition) is 1. The molecule has 0 saturated heterocycles. The summed E-state index contributed by atoms with van der Waals surface area (Å²) in [6, 6.07) is 0. The van der Waals surface area contributed by atoms with Crippen molar-refractivity contribution in [3.05, 3.63) is 11.6 Å². The summed E-state index contributed by atoms with van der Waals surface area (Å²) in [6.07, 6.45) is 14.5. The van der Waals surface area contributed by atoms with Gasteiger partial charge in [-0.3, -0.25) is 0 Å². The van der Waals surface area contributed by atoms with E-state index in [4.69, 9.17) is 0 Å². The van der Waals surface area contributed by atoms with Crippen LogP contribution in [-0.4, -0.2) is 11.2 Å². The van der Waals surface area contributed by atoms with E-state index in [1.807, 2.05) is 0 Å². The van der Waals surface area contributed by atoms with Crippen molar-refractivity contribution in [2.45, 2.75) is 77.7 Å². The first kappa shape index (κ1) is 13.4. The summed E-state index contributed by atoms with van der Waals surface area (Å²) in [6.45, 7) is 4.96. The Morgan fingerprint density at radius 2 is 1.90 bits per heavy atom. The van der Waals surface area contributed by atoms with Gasteiger partial charge in [0.1, 0.15) is 0 Å². The topological polar surface area (TPSA) is 20.2 Å². The van der Waals surface area contributed by atoms with E-state index in [1.165, 1.54) is 51.4 Å². The zero-order chi connectivity index (χ0) is 14.0. The van der Waals surface area contributed by atoms with Crippen molar-refractivity contribution >= 4 is 0 Å². The predicted molar refractivity (Wildman–Crippen MR) is 82.3 cm³/mol. The van der Waals surface area contributed by atoms with Crippen molar-refractivity contribution in [1.82, 2.24) is 0 Å². The Kier molecular flexibility index (Phi) is 2.91. The van der Waals surface area contributed by atoms with Crippen LogP contribution in [0, 0.1) is 28.6 Å². The minimum Gasteiger partial charge on any atom is -0.393 e. The van der Waals surface area contributed by atoms with Crippen molar-refractivity contribution in [2.75, 3.05) is 0 Å². The largest absolute Gasteiger partial charge is 0.393 e. The zero-order valence-corrected chi connectivity index (χ0v) is 13.2. The van der Waals surface area contributed by atoms with Crippen molar-refractivity contribution in [1.29, 1.82) is 0 Å². The molecule has 0 aliphatic heterocycles. The molecule has 4 aliphatic rings. The Morgan fingerprint density at radius 3 is 2.75 bits per heavy atom. The molecule has 0 aromatic heterocycles. The van der Waals surface area contributed by atoms with Crippen molar-refractivity contribution in [3.63, 3.8) is 0 Å². The van der Waals surface area contributed by atoms with Gasteiger partial charge in [-0.05, 0) is 80.0 Å². The van der Waals surface area contributed by atoms with E-state index in [-0.39, 0.29) is 11.5 Å². The molecule has 1 N–H and O–H groups in total. The number of fused-ring (bicyclic) bond motifs is 5. The molecule has 4 aliphatic carbocycles.